The van der Waals surface area contributed by atoms with Gasteiger partial charge < -0.3 is 4.42 Å². The number of nitro groups is 2. The lowest BCUT2D eigenvalue weighted by Crippen LogP contribution is -2.38. The number of halogens is 6. The van der Waals surface area contributed by atoms with E-state index in [0.717, 1.165) is 0 Å². The Bertz CT molecular complexity index is 657. The van der Waals surface area contributed by atoms with Crippen LogP contribution in [0.3, 0.4) is 0 Å². The molecule has 0 saturated carbocycles. The van der Waals surface area contributed by atoms with Crippen LogP contribution < -0.4 is 0 Å². The third kappa shape index (κ3) is 4.65. The molecule has 0 aromatic carbocycles. The van der Waals surface area contributed by atoms with Crippen molar-refractivity contribution >= 4 is 60.7 Å². The summed E-state index contributed by atoms with van der Waals surface area (Å²) in [6.45, 7) is 0. The highest BCUT2D eigenvalue weighted by Crippen LogP contribution is 2.69. The molecule has 0 radical (unpaired) electrons. The fourth-order valence-corrected chi connectivity index (χ4v) is 4.12. The molecule has 0 aliphatic heterocycles. The third-order valence-electron chi connectivity index (χ3n) is 2.85. The number of alkyl halides is 1. The molecule has 1 aromatic rings. The normalized spacial score (nSPS) is 14.7. The van der Waals surface area contributed by atoms with E-state index >= 15 is 0 Å². The number of nitrogens with zero attached hydrogens (tertiary/aromatic N) is 4. The molecule has 0 spiro atoms. The second-order valence-electron chi connectivity index (χ2n) is 4.27. The maximum Gasteiger partial charge on any atom is 0.415 e. The second-order valence-corrected chi connectivity index (χ2v) is 9.14. The van der Waals surface area contributed by atoms with Crippen LogP contribution in [-0.2, 0) is 10.5 Å². The molecule has 0 saturated heterocycles. The van der Waals surface area contributed by atoms with E-state index < -0.39 is 109 Å². The first-order valence-corrected chi connectivity index (χ1v) is 9.49. The van der Waals surface area contributed by atoms with Crippen molar-refractivity contribution in [3.63, 3.8) is 0 Å². The molecule has 9 nitrogen and oxygen atoms in total. The topological polar surface area (TPSA) is 125 Å². The first-order chi connectivity index (χ1) is 12.7. The molecule has 0 fully saturated rings. The number of hydrogen-bond acceptors (Lipinski definition) is 12. The fraction of sp³-hybridized carbons (Fsp3) is 0.714. The Balaban J connectivity index is 3.31. The highest BCUT2D eigenvalue weighted by Gasteiger charge is 2.65. The van der Waals surface area contributed by atoms with Crippen LogP contribution in [0.25, 0.3) is 0 Å². The lowest BCUT2D eigenvalue weighted by molar-refractivity contribution is -0.639. The van der Waals surface area contributed by atoms with Crippen LogP contribution in [0.2, 0.25) is 0 Å². The van der Waals surface area contributed by atoms with Gasteiger partial charge in [0.1, 0.15) is 6.42 Å². The van der Waals surface area contributed by atoms with E-state index in [0.29, 0.717) is 0 Å². The minimum Gasteiger partial charge on any atom is -0.422 e. The molecule has 2 atom stereocenters. The van der Waals surface area contributed by atoms with Gasteiger partial charge in [-0.05, 0) is 0 Å². The van der Waals surface area contributed by atoms with E-state index in [-0.39, 0.29) is 0 Å². The lowest BCUT2D eigenvalue weighted by atomic mass is 10.2. The molecular formula is C7H4F6N4O5S5. The highest BCUT2D eigenvalue weighted by atomic mass is 32.3. The number of rotatable bonds is 12. The number of aromatic nitrogens is 2. The van der Waals surface area contributed by atoms with Gasteiger partial charge in [0.05, 0.1) is 65.7 Å². The van der Waals surface area contributed by atoms with Gasteiger partial charge in [-0.1, -0.05) is 0 Å². The van der Waals surface area contributed by atoms with Crippen molar-refractivity contribution in [2.45, 2.75) is 26.2 Å². The number of hydrogen-bond donors (Lipinski definition) is 0. The van der Waals surface area contributed by atoms with Crippen molar-refractivity contribution in [2.24, 2.45) is 0 Å². The van der Waals surface area contributed by atoms with Gasteiger partial charge in [0, 0.05) is 4.92 Å². The molecule has 0 bridgehead atoms. The van der Waals surface area contributed by atoms with Gasteiger partial charge >= 0.3 is 12.3 Å². The van der Waals surface area contributed by atoms with Crippen molar-refractivity contribution in [1.29, 1.82) is 0 Å². The summed E-state index contributed by atoms with van der Waals surface area (Å²) in [7, 11) is 0. The van der Waals surface area contributed by atoms with Crippen molar-refractivity contribution < 1.29 is 38.1 Å². The van der Waals surface area contributed by atoms with Gasteiger partial charge in [-0.3, -0.25) is 20.2 Å². The Labute approximate surface area is 167 Å². The van der Waals surface area contributed by atoms with E-state index in [9.17, 15) is 44.0 Å². The SMILES string of the molecule is O=[N+]([O-])C(F)C(Cc1nnc(C(SF)(SF)C(SF)(SF)SF)o1)[N+](=O)[O-]. The fourth-order valence-electron chi connectivity index (χ4n) is 1.55. The predicted octanol–water partition coefficient (Wildman–Crippen LogP) is 4.72. The van der Waals surface area contributed by atoms with Crippen LogP contribution in [-0.4, -0.2) is 35.8 Å². The molecule has 2 unspecified atom stereocenters. The van der Waals surface area contributed by atoms with Crippen LogP contribution in [0.1, 0.15) is 11.8 Å². The summed E-state index contributed by atoms with van der Waals surface area (Å²) in [6, 6.07) is -2.51. The molecule has 20 heteroatoms. The van der Waals surface area contributed by atoms with Gasteiger partial charge in [0.2, 0.25) is 13.4 Å². The largest absolute Gasteiger partial charge is 0.422 e. The zero-order chi connectivity index (χ0) is 20.8. The molecule has 1 heterocycles. The van der Waals surface area contributed by atoms with Crippen LogP contribution in [0.5, 0.6) is 0 Å². The van der Waals surface area contributed by atoms with E-state index in [2.05, 4.69) is 14.6 Å². The van der Waals surface area contributed by atoms with Crippen molar-refractivity contribution in [2.75, 3.05) is 0 Å². The van der Waals surface area contributed by atoms with Gasteiger partial charge in [-0.25, -0.2) is 0 Å². The van der Waals surface area contributed by atoms with Crippen LogP contribution in [0.4, 0.5) is 23.8 Å². The van der Waals surface area contributed by atoms with Crippen LogP contribution in [0, 0.1) is 20.2 Å². The summed E-state index contributed by atoms with van der Waals surface area (Å²) in [4.78, 5) is 18.1. The maximum absolute atomic E-state index is 13.4. The molecule has 0 amide bonds. The summed E-state index contributed by atoms with van der Waals surface area (Å²) in [6.07, 6.45) is -4.37. The Morgan fingerprint density at radius 2 is 1.48 bits per heavy atom. The summed E-state index contributed by atoms with van der Waals surface area (Å²) in [5.41, 5.74) is 0. The second kappa shape index (κ2) is 10.2. The Hall–Kier alpha value is -0.730. The Morgan fingerprint density at radius 1 is 0.963 bits per heavy atom. The molecule has 0 aliphatic rings. The van der Waals surface area contributed by atoms with E-state index in [4.69, 9.17) is 0 Å². The van der Waals surface area contributed by atoms with E-state index in [1.807, 2.05) is 0 Å². The minimum absolute atomic E-state index is 0.908. The Kier molecular flexibility index (Phi) is 9.15. The van der Waals surface area contributed by atoms with Gasteiger partial charge in [-0.2, -0.15) is 23.8 Å². The molecule has 0 aliphatic carbocycles. The average molecular weight is 498 g/mol. The third-order valence-corrected chi connectivity index (χ3v) is 8.06. The molecule has 27 heavy (non-hydrogen) atoms. The quantitative estimate of drug-likeness (QED) is 0.130. The van der Waals surface area contributed by atoms with Gasteiger partial charge in [0.15, 0.2) is 0 Å². The summed E-state index contributed by atoms with van der Waals surface area (Å²) in [5.74, 6) is -2.15. The maximum atomic E-state index is 13.4. The molecule has 0 N–H and O–H groups in total. The molecule has 154 valence electrons. The predicted molar refractivity (Wildman–Crippen MR) is 88.6 cm³/mol. The van der Waals surface area contributed by atoms with E-state index in [1.54, 1.807) is 0 Å². The summed E-state index contributed by atoms with van der Waals surface area (Å²) >= 11 is -5.59. The molecule has 1 rings (SSSR count). The smallest absolute Gasteiger partial charge is 0.415 e. The molecule has 1 aromatic heterocycles. The van der Waals surface area contributed by atoms with Gasteiger partial charge in [-0.15, -0.1) is 10.2 Å². The standard InChI is InChI=1S/C7H4F6N4O5S5/c8-4(17(20)21)2(16(18)19)1-3-14-15-5(22-3)6(23-9,24-10)7(25-11,26-12)27-13/h2,4H,1H2. The summed E-state index contributed by atoms with van der Waals surface area (Å²) < 4.78 is 77.9. The van der Waals surface area contributed by atoms with Crippen molar-refractivity contribution in [3.8, 4) is 0 Å². The first kappa shape index (κ1) is 24.3. The highest BCUT2D eigenvalue weighted by molar-refractivity contribution is 8.32. The average Bonchev–Trinajstić information content (AvgIpc) is 3.12. The van der Waals surface area contributed by atoms with E-state index in [1.165, 1.54) is 0 Å². The zero-order valence-corrected chi connectivity index (χ0v) is 16.1. The monoisotopic (exact) mass is 498 g/mol. The zero-order valence-electron chi connectivity index (χ0n) is 12.0. The van der Waals surface area contributed by atoms with Crippen LogP contribution in [0.15, 0.2) is 4.42 Å². The summed E-state index contributed by atoms with van der Waals surface area (Å²) in [5, 5.41) is 27.3. The van der Waals surface area contributed by atoms with Crippen molar-refractivity contribution in [1.82, 2.24) is 10.2 Å². The first-order valence-electron chi connectivity index (χ1n) is 5.91. The Morgan fingerprint density at radius 3 is 1.85 bits per heavy atom. The minimum atomic E-state index is -3.19. The van der Waals surface area contributed by atoms with Crippen molar-refractivity contribution in [3.05, 3.63) is 32.0 Å². The van der Waals surface area contributed by atoms with Gasteiger partial charge in [0.25, 0.3) is 5.89 Å². The lowest BCUT2D eigenvalue weighted by Gasteiger charge is -2.32. The van der Waals surface area contributed by atoms with Crippen LogP contribution >= 0.6 is 60.7 Å². The molecular weight excluding hydrogens is 494 g/mol.